The summed E-state index contributed by atoms with van der Waals surface area (Å²) in [6, 6.07) is 6.07. The second-order valence-electron chi connectivity index (χ2n) is 3.73. The molecule has 0 saturated carbocycles. The van der Waals surface area contributed by atoms with Crippen LogP contribution in [-0.4, -0.2) is 24.6 Å². The number of aromatic nitrogens is 1. The Morgan fingerprint density at radius 3 is 2.47 bits per heavy atom. The largest absolute Gasteiger partial charge is 0.384 e. The van der Waals surface area contributed by atoms with E-state index >= 15 is 0 Å². The molecule has 1 aromatic carbocycles. The summed E-state index contributed by atoms with van der Waals surface area (Å²) in [6.07, 6.45) is 1.04. The highest BCUT2D eigenvalue weighted by molar-refractivity contribution is 7.89. The molecule has 2 aromatic rings. The van der Waals surface area contributed by atoms with E-state index in [1.807, 2.05) is 0 Å². The van der Waals surface area contributed by atoms with Crippen LogP contribution in [0.25, 0.3) is 10.9 Å². The summed E-state index contributed by atoms with van der Waals surface area (Å²) in [6.45, 7) is 0. The quantitative estimate of drug-likeness (QED) is 0.792. The molecule has 4 N–H and O–H groups in total. The highest BCUT2D eigenvalue weighted by atomic mass is 32.2. The van der Waals surface area contributed by atoms with Crippen molar-refractivity contribution >= 4 is 32.7 Å². The molecule has 0 aliphatic carbocycles. The van der Waals surface area contributed by atoms with Crippen LogP contribution < -0.4 is 11.5 Å². The molecule has 0 aliphatic heterocycles. The molecule has 6 nitrogen and oxygen atoms in total. The number of nitrogens with two attached hydrogens (primary N) is 2. The van der Waals surface area contributed by atoms with Gasteiger partial charge in [-0.25, -0.2) is 12.4 Å². The van der Waals surface area contributed by atoms with Gasteiger partial charge in [-0.15, -0.1) is 0 Å². The fraction of sp³-hybridized carbons (Fsp3) is 0.100. The molecule has 17 heavy (non-hydrogen) atoms. The van der Waals surface area contributed by atoms with Gasteiger partial charge in [0.15, 0.2) is 0 Å². The summed E-state index contributed by atoms with van der Waals surface area (Å²) < 4.78 is 24.1. The van der Waals surface area contributed by atoms with E-state index in [-0.39, 0.29) is 11.4 Å². The Balaban J connectivity index is 2.88. The predicted octanol–water partition coefficient (Wildman–Crippen LogP) is 0.130. The fourth-order valence-corrected chi connectivity index (χ4v) is 2.67. The molecule has 0 radical (unpaired) electrons. The summed E-state index contributed by atoms with van der Waals surface area (Å²) in [5, 5.41) is 0.637. The smallest absolute Gasteiger partial charge is 0.248 e. The Morgan fingerprint density at radius 1 is 1.29 bits per heavy atom. The molecule has 1 aromatic heterocycles. The Morgan fingerprint density at radius 2 is 1.94 bits per heavy atom. The zero-order valence-electron chi connectivity index (χ0n) is 9.04. The van der Waals surface area contributed by atoms with E-state index in [1.165, 1.54) is 18.2 Å². The summed E-state index contributed by atoms with van der Waals surface area (Å²) in [4.78, 5) is 11.0. The topological polar surface area (TPSA) is 108 Å². The van der Waals surface area contributed by atoms with Gasteiger partial charge in [0.1, 0.15) is 5.82 Å². The average molecular weight is 253 g/mol. The molecule has 1 heterocycles. The molecule has 0 atom stereocenters. The van der Waals surface area contributed by atoms with Crippen LogP contribution in [0.1, 0.15) is 10.4 Å². The van der Waals surface area contributed by atoms with Gasteiger partial charge in [0.25, 0.3) is 0 Å². The Bertz CT molecular complexity index is 716. The molecule has 90 valence electrons. The summed E-state index contributed by atoms with van der Waals surface area (Å²) in [7, 11) is -3.52. The van der Waals surface area contributed by atoms with Crippen molar-refractivity contribution in [2.75, 3.05) is 12.0 Å². The van der Waals surface area contributed by atoms with E-state index in [0.29, 0.717) is 10.9 Å². The van der Waals surface area contributed by atoms with Crippen molar-refractivity contribution in [3.05, 3.63) is 29.8 Å². The van der Waals surface area contributed by atoms with Crippen LogP contribution in [-0.2, 0) is 10.0 Å². The first-order chi connectivity index (χ1) is 7.80. The first-order valence-electron chi connectivity index (χ1n) is 4.72. The lowest BCUT2D eigenvalue weighted by Crippen LogP contribution is -2.14. The summed E-state index contributed by atoms with van der Waals surface area (Å²) in [5.74, 6) is -0.518. The van der Waals surface area contributed by atoms with Crippen LogP contribution in [0.3, 0.4) is 0 Å². The number of primary amides is 1. The monoisotopic (exact) mass is 253 g/mol. The number of carbonyl (C=O) groups excluding carboxylic acids is 1. The minimum atomic E-state index is -3.52. The summed E-state index contributed by atoms with van der Waals surface area (Å²) in [5.41, 5.74) is 11.4. The molecule has 2 rings (SSSR count). The molecular weight excluding hydrogens is 242 g/mol. The molecule has 0 aliphatic rings. The van der Waals surface area contributed by atoms with Crippen molar-refractivity contribution < 1.29 is 13.2 Å². The number of hydrogen-bond acceptors (Lipinski definition) is 4. The maximum atomic E-state index is 11.6. The van der Waals surface area contributed by atoms with Gasteiger partial charge in [0.2, 0.25) is 15.9 Å². The van der Waals surface area contributed by atoms with E-state index in [9.17, 15) is 13.2 Å². The minimum Gasteiger partial charge on any atom is -0.384 e. The van der Waals surface area contributed by atoms with Gasteiger partial charge >= 0.3 is 0 Å². The molecule has 7 heteroatoms. The number of nitrogens with zero attached hydrogens (tertiary/aromatic N) is 1. The second kappa shape index (κ2) is 3.49. The van der Waals surface area contributed by atoms with Gasteiger partial charge in [0.05, 0.1) is 11.8 Å². The van der Waals surface area contributed by atoms with Crippen molar-refractivity contribution in [3.8, 4) is 0 Å². The van der Waals surface area contributed by atoms with Crippen molar-refractivity contribution in [2.24, 2.45) is 5.73 Å². The lowest BCUT2D eigenvalue weighted by Gasteiger charge is -2.05. The number of benzene rings is 1. The van der Waals surface area contributed by atoms with Crippen molar-refractivity contribution in [3.63, 3.8) is 0 Å². The number of nitrogen functional groups attached to an aromatic ring is 1. The third-order valence-electron chi connectivity index (χ3n) is 2.40. The van der Waals surface area contributed by atoms with Gasteiger partial charge in [-0.3, -0.25) is 4.79 Å². The lowest BCUT2D eigenvalue weighted by molar-refractivity contribution is 0.100. The number of hydrogen-bond donors (Lipinski definition) is 2. The van der Waals surface area contributed by atoms with Crippen LogP contribution in [0.4, 0.5) is 5.82 Å². The maximum absolute atomic E-state index is 11.6. The fourth-order valence-electron chi connectivity index (χ4n) is 1.72. The molecule has 0 fully saturated rings. The standard InChI is InChI=1S/C10H11N3O3S/c1-17(15,16)13-8-4-7(10(12)14)3-2-6(8)5-9(13)11/h2-5H,11H2,1H3,(H2,12,14). The number of rotatable bonds is 2. The van der Waals surface area contributed by atoms with E-state index in [1.54, 1.807) is 6.07 Å². The van der Waals surface area contributed by atoms with Crippen LogP contribution in [0, 0.1) is 0 Å². The SMILES string of the molecule is CS(=O)(=O)n1c(N)cc2ccc(C(N)=O)cc21. The van der Waals surface area contributed by atoms with Crippen LogP contribution in [0.5, 0.6) is 0 Å². The number of anilines is 1. The predicted molar refractivity (Wildman–Crippen MR) is 65.1 cm³/mol. The van der Waals surface area contributed by atoms with E-state index in [0.717, 1.165) is 10.2 Å². The van der Waals surface area contributed by atoms with Crippen LogP contribution in [0.2, 0.25) is 0 Å². The van der Waals surface area contributed by atoms with Crippen molar-refractivity contribution in [1.29, 1.82) is 0 Å². The molecule has 0 unspecified atom stereocenters. The zero-order chi connectivity index (χ0) is 12.8. The van der Waals surface area contributed by atoms with Crippen LogP contribution >= 0.6 is 0 Å². The third kappa shape index (κ3) is 1.84. The van der Waals surface area contributed by atoms with E-state index in [2.05, 4.69) is 0 Å². The van der Waals surface area contributed by atoms with Gasteiger partial charge in [-0.2, -0.15) is 0 Å². The van der Waals surface area contributed by atoms with Crippen LogP contribution in [0.15, 0.2) is 24.3 Å². The molecule has 0 bridgehead atoms. The normalized spacial score (nSPS) is 11.8. The van der Waals surface area contributed by atoms with E-state index < -0.39 is 15.9 Å². The van der Waals surface area contributed by atoms with Gasteiger partial charge < -0.3 is 11.5 Å². The Labute approximate surface area is 97.9 Å². The van der Waals surface area contributed by atoms with Gasteiger partial charge in [-0.05, 0) is 18.2 Å². The first kappa shape index (κ1) is 11.5. The van der Waals surface area contributed by atoms with E-state index in [4.69, 9.17) is 11.5 Å². The Kier molecular flexibility index (Phi) is 2.35. The average Bonchev–Trinajstić information content (AvgIpc) is 2.51. The molecule has 1 amide bonds. The van der Waals surface area contributed by atoms with Gasteiger partial charge in [0, 0.05) is 10.9 Å². The number of carbonyl (C=O) groups is 1. The third-order valence-corrected chi connectivity index (χ3v) is 3.47. The molecular formula is C10H11N3O3S. The number of fused-ring (bicyclic) bond motifs is 1. The number of amides is 1. The highest BCUT2D eigenvalue weighted by Gasteiger charge is 2.15. The minimum absolute atomic E-state index is 0.101. The van der Waals surface area contributed by atoms with Gasteiger partial charge in [-0.1, -0.05) is 6.07 Å². The lowest BCUT2D eigenvalue weighted by atomic mass is 10.1. The maximum Gasteiger partial charge on any atom is 0.248 e. The molecule has 0 saturated heterocycles. The highest BCUT2D eigenvalue weighted by Crippen LogP contribution is 2.24. The first-order valence-corrected chi connectivity index (χ1v) is 6.57. The molecule has 0 spiro atoms. The van der Waals surface area contributed by atoms with Crippen molar-refractivity contribution in [2.45, 2.75) is 0 Å². The summed E-state index contributed by atoms with van der Waals surface area (Å²) >= 11 is 0. The second-order valence-corrected chi connectivity index (χ2v) is 5.57. The Hall–Kier alpha value is -2.02. The van der Waals surface area contributed by atoms with Crippen molar-refractivity contribution in [1.82, 2.24) is 3.97 Å². The zero-order valence-corrected chi connectivity index (χ0v) is 9.86.